The Morgan fingerprint density at radius 2 is 2.60 bits per heavy atom. The molecule has 1 aliphatic rings. The number of alkyl halides is 1. The van der Waals surface area contributed by atoms with Crippen molar-refractivity contribution in [2.75, 3.05) is 0 Å². The van der Waals surface area contributed by atoms with E-state index in [1.54, 1.807) is 12.3 Å². The van der Waals surface area contributed by atoms with Crippen molar-refractivity contribution >= 4 is 0 Å². The standard InChI is InChI=1S/C7H6FNO/c8-7-3-5-1-2-9-4-6(5)10-7/h1-2,4,7H,3H2. The van der Waals surface area contributed by atoms with E-state index in [4.69, 9.17) is 4.74 Å². The number of hydrogen-bond donors (Lipinski definition) is 0. The van der Waals surface area contributed by atoms with E-state index in [2.05, 4.69) is 4.98 Å². The molecule has 10 heavy (non-hydrogen) atoms. The number of halogens is 1. The highest BCUT2D eigenvalue weighted by Gasteiger charge is 2.20. The second kappa shape index (κ2) is 1.94. The zero-order chi connectivity index (χ0) is 6.97. The summed E-state index contributed by atoms with van der Waals surface area (Å²) in [5, 5.41) is 0. The van der Waals surface area contributed by atoms with Crippen molar-refractivity contribution in [3.05, 3.63) is 24.0 Å². The van der Waals surface area contributed by atoms with Crippen LogP contribution in [0.5, 0.6) is 5.75 Å². The minimum absolute atomic E-state index is 0.359. The molecular weight excluding hydrogens is 133 g/mol. The number of nitrogens with zero attached hydrogens (tertiary/aromatic N) is 1. The van der Waals surface area contributed by atoms with E-state index in [0.29, 0.717) is 12.2 Å². The van der Waals surface area contributed by atoms with Gasteiger partial charge in [0.2, 0.25) is 6.36 Å². The molecule has 2 rings (SSSR count). The van der Waals surface area contributed by atoms with E-state index in [1.807, 2.05) is 0 Å². The van der Waals surface area contributed by atoms with Crippen LogP contribution in [0.2, 0.25) is 0 Å². The summed E-state index contributed by atoms with van der Waals surface area (Å²) in [6, 6.07) is 1.77. The fraction of sp³-hybridized carbons (Fsp3) is 0.286. The van der Waals surface area contributed by atoms with Crippen LogP contribution >= 0.6 is 0 Å². The molecule has 0 aliphatic carbocycles. The molecule has 0 saturated carbocycles. The minimum Gasteiger partial charge on any atom is -0.458 e. The van der Waals surface area contributed by atoms with Gasteiger partial charge in [-0.1, -0.05) is 0 Å². The van der Waals surface area contributed by atoms with Gasteiger partial charge >= 0.3 is 0 Å². The second-order valence-electron chi connectivity index (χ2n) is 2.22. The predicted octanol–water partition coefficient (Wildman–Crippen LogP) is 1.31. The summed E-state index contributed by atoms with van der Waals surface area (Å²) in [7, 11) is 0. The van der Waals surface area contributed by atoms with Gasteiger partial charge in [-0.05, 0) is 6.07 Å². The molecule has 1 aromatic heterocycles. The van der Waals surface area contributed by atoms with Gasteiger partial charge < -0.3 is 4.74 Å². The molecule has 2 nitrogen and oxygen atoms in total. The van der Waals surface area contributed by atoms with Crippen molar-refractivity contribution in [1.29, 1.82) is 0 Å². The summed E-state index contributed by atoms with van der Waals surface area (Å²) in [6.45, 7) is 0. The molecule has 2 heterocycles. The van der Waals surface area contributed by atoms with Crippen LogP contribution in [-0.2, 0) is 6.42 Å². The second-order valence-corrected chi connectivity index (χ2v) is 2.22. The van der Waals surface area contributed by atoms with Crippen molar-refractivity contribution in [2.24, 2.45) is 0 Å². The number of aromatic nitrogens is 1. The Balaban J connectivity index is 2.42. The minimum atomic E-state index is -1.17. The summed E-state index contributed by atoms with van der Waals surface area (Å²) >= 11 is 0. The Bertz CT molecular complexity index is 226. The molecule has 1 aliphatic heterocycles. The molecule has 1 atom stereocenters. The third-order valence-electron chi connectivity index (χ3n) is 1.51. The monoisotopic (exact) mass is 139 g/mol. The van der Waals surface area contributed by atoms with E-state index in [1.165, 1.54) is 6.20 Å². The first-order chi connectivity index (χ1) is 4.86. The molecule has 52 valence electrons. The molecule has 0 fully saturated rings. The maximum absolute atomic E-state index is 12.5. The summed E-state index contributed by atoms with van der Waals surface area (Å²) < 4.78 is 17.2. The van der Waals surface area contributed by atoms with E-state index in [-0.39, 0.29) is 0 Å². The quantitative estimate of drug-likeness (QED) is 0.540. The van der Waals surface area contributed by atoms with Gasteiger partial charge in [-0.25, -0.2) is 4.39 Å². The molecule has 0 amide bonds. The Kier molecular flexibility index (Phi) is 1.09. The molecule has 1 unspecified atom stereocenters. The van der Waals surface area contributed by atoms with Gasteiger partial charge in [-0.15, -0.1) is 0 Å². The summed E-state index contributed by atoms with van der Waals surface area (Å²) in [5.74, 6) is 0.579. The molecule has 3 heteroatoms. The lowest BCUT2D eigenvalue weighted by molar-refractivity contribution is 0.0908. The van der Waals surface area contributed by atoms with Gasteiger partial charge in [0, 0.05) is 18.2 Å². The first-order valence-electron chi connectivity index (χ1n) is 3.10. The summed E-state index contributed by atoms with van der Waals surface area (Å²) in [4.78, 5) is 3.80. The van der Waals surface area contributed by atoms with Gasteiger partial charge in [-0.3, -0.25) is 4.98 Å². The van der Waals surface area contributed by atoms with Crippen LogP contribution in [0.25, 0.3) is 0 Å². The molecule has 1 aromatic rings. The molecule has 0 N–H and O–H groups in total. The maximum Gasteiger partial charge on any atom is 0.242 e. The highest BCUT2D eigenvalue weighted by molar-refractivity contribution is 5.33. The third kappa shape index (κ3) is 0.744. The fourth-order valence-electron chi connectivity index (χ4n) is 1.04. The topological polar surface area (TPSA) is 22.1 Å². The highest BCUT2D eigenvalue weighted by Crippen LogP contribution is 2.27. The molecule has 0 aromatic carbocycles. The molecule has 0 spiro atoms. The third-order valence-corrected chi connectivity index (χ3v) is 1.51. The maximum atomic E-state index is 12.5. The van der Waals surface area contributed by atoms with Gasteiger partial charge in [0.1, 0.15) is 5.75 Å². The van der Waals surface area contributed by atoms with Crippen LogP contribution in [0.15, 0.2) is 18.5 Å². The average molecular weight is 139 g/mol. The number of hydrogen-bond acceptors (Lipinski definition) is 2. The van der Waals surface area contributed by atoms with Crippen LogP contribution in [0, 0.1) is 0 Å². The van der Waals surface area contributed by atoms with Crippen molar-refractivity contribution in [2.45, 2.75) is 12.8 Å². The first-order valence-corrected chi connectivity index (χ1v) is 3.10. The largest absolute Gasteiger partial charge is 0.458 e. The van der Waals surface area contributed by atoms with Crippen molar-refractivity contribution in [3.63, 3.8) is 0 Å². The van der Waals surface area contributed by atoms with Gasteiger partial charge in [-0.2, -0.15) is 0 Å². The Hall–Kier alpha value is -1.12. The molecule has 0 radical (unpaired) electrons. The van der Waals surface area contributed by atoms with Crippen molar-refractivity contribution in [3.8, 4) is 5.75 Å². The highest BCUT2D eigenvalue weighted by atomic mass is 19.1. The average Bonchev–Trinajstić information content (AvgIpc) is 2.27. The van der Waals surface area contributed by atoms with Crippen molar-refractivity contribution in [1.82, 2.24) is 4.98 Å². The Morgan fingerprint density at radius 3 is 3.40 bits per heavy atom. The van der Waals surface area contributed by atoms with Crippen LogP contribution in [-0.4, -0.2) is 11.3 Å². The van der Waals surface area contributed by atoms with Crippen LogP contribution in [0.1, 0.15) is 5.56 Å². The van der Waals surface area contributed by atoms with Gasteiger partial charge in [0.05, 0.1) is 6.20 Å². The number of ether oxygens (including phenoxy) is 1. The zero-order valence-electron chi connectivity index (χ0n) is 5.25. The number of fused-ring (bicyclic) bond motifs is 1. The van der Waals surface area contributed by atoms with Gasteiger partial charge in [0.25, 0.3) is 0 Å². The Labute approximate surface area is 57.7 Å². The van der Waals surface area contributed by atoms with Crippen molar-refractivity contribution < 1.29 is 9.13 Å². The smallest absolute Gasteiger partial charge is 0.242 e. The Morgan fingerprint density at radius 1 is 1.70 bits per heavy atom. The SMILES string of the molecule is FC1Cc2ccncc2O1. The number of pyridine rings is 1. The number of rotatable bonds is 0. The predicted molar refractivity (Wildman–Crippen MR) is 33.5 cm³/mol. The van der Waals surface area contributed by atoms with Gasteiger partial charge in [0.15, 0.2) is 0 Å². The van der Waals surface area contributed by atoms with Crippen LogP contribution in [0.3, 0.4) is 0 Å². The lowest BCUT2D eigenvalue weighted by Gasteiger charge is -1.96. The normalized spacial score (nSPS) is 21.9. The van der Waals surface area contributed by atoms with Crippen LogP contribution in [0.4, 0.5) is 4.39 Å². The summed E-state index contributed by atoms with van der Waals surface area (Å²) in [5.41, 5.74) is 0.905. The van der Waals surface area contributed by atoms with Crippen LogP contribution < -0.4 is 4.74 Å². The van der Waals surface area contributed by atoms with E-state index in [9.17, 15) is 4.39 Å². The summed E-state index contributed by atoms with van der Waals surface area (Å²) in [6.07, 6.45) is 2.37. The van der Waals surface area contributed by atoms with E-state index < -0.39 is 6.36 Å². The lowest BCUT2D eigenvalue weighted by atomic mass is 10.2. The first kappa shape index (κ1) is 5.65. The molecule has 0 bridgehead atoms. The molecular formula is C7H6FNO. The van der Waals surface area contributed by atoms with E-state index >= 15 is 0 Å². The molecule has 0 saturated heterocycles. The zero-order valence-corrected chi connectivity index (χ0v) is 5.25. The van der Waals surface area contributed by atoms with E-state index in [0.717, 1.165) is 5.56 Å². The lowest BCUT2D eigenvalue weighted by Crippen LogP contribution is -2.02. The fourth-order valence-corrected chi connectivity index (χ4v) is 1.04.